The van der Waals surface area contributed by atoms with E-state index in [9.17, 15) is 0 Å². The van der Waals surface area contributed by atoms with Crippen LogP contribution in [0.25, 0.3) is 0 Å². The van der Waals surface area contributed by atoms with Gasteiger partial charge in [-0.1, -0.05) is 12.0 Å². The zero-order valence-electron chi connectivity index (χ0n) is 11.6. The van der Waals surface area contributed by atoms with Crippen molar-refractivity contribution in [1.29, 1.82) is 0 Å². The Morgan fingerprint density at radius 3 is 2.50 bits per heavy atom. The predicted molar refractivity (Wildman–Crippen MR) is 78.0 cm³/mol. The molecule has 0 spiro atoms. The number of terminal acetylenes is 1. The second-order valence-corrected chi connectivity index (χ2v) is 5.35. The highest BCUT2D eigenvalue weighted by Gasteiger charge is 2.21. The van der Waals surface area contributed by atoms with Crippen LogP contribution in [-0.2, 0) is 0 Å². The largest absolute Gasteiger partial charge is 0.370 e. The topological polar surface area (TPSA) is 6.48 Å². The van der Waals surface area contributed by atoms with Crippen LogP contribution < -0.4 is 4.90 Å². The molecule has 1 aromatic rings. The summed E-state index contributed by atoms with van der Waals surface area (Å²) in [5, 5.41) is 0. The monoisotopic (exact) mass is 242 g/mol. The number of piperidine rings is 1. The summed E-state index contributed by atoms with van der Waals surface area (Å²) in [5.41, 5.74) is 3.48. The van der Waals surface area contributed by atoms with Crippen molar-refractivity contribution in [1.82, 2.24) is 4.90 Å². The fraction of sp³-hybridized carbons (Fsp3) is 0.500. The van der Waals surface area contributed by atoms with E-state index < -0.39 is 0 Å². The Balaban J connectivity index is 2.13. The van der Waals surface area contributed by atoms with E-state index >= 15 is 0 Å². The molecule has 0 amide bonds. The van der Waals surface area contributed by atoms with Crippen LogP contribution in [0.15, 0.2) is 18.2 Å². The smallest absolute Gasteiger partial charge is 0.0525 e. The summed E-state index contributed by atoms with van der Waals surface area (Å²) in [6.07, 6.45) is 8.04. The van der Waals surface area contributed by atoms with Crippen molar-refractivity contribution in [3.05, 3.63) is 29.3 Å². The first-order valence-corrected chi connectivity index (χ1v) is 6.60. The van der Waals surface area contributed by atoms with Gasteiger partial charge in [0.1, 0.15) is 0 Å². The second-order valence-electron chi connectivity index (χ2n) is 5.35. The molecule has 2 nitrogen and oxygen atoms in total. The molecule has 0 aromatic heterocycles. The molecule has 2 heteroatoms. The van der Waals surface area contributed by atoms with Gasteiger partial charge in [-0.25, -0.2) is 0 Å². The van der Waals surface area contributed by atoms with Crippen LogP contribution in [0.3, 0.4) is 0 Å². The molecule has 0 radical (unpaired) electrons. The Kier molecular flexibility index (Phi) is 3.93. The van der Waals surface area contributed by atoms with E-state index in [0.717, 1.165) is 18.7 Å². The van der Waals surface area contributed by atoms with Crippen molar-refractivity contribution >= 4 is 5.69 Å². The summed E-state index contributed by atoms with van der Waals surface area (Å²) in [6, 6.07) is 7.13. The van der Waals surface area contributed by atoms with E-state index in [-0.39, 0.29) is 0 Å². The molecule has 1 aliphatic heterocycles. The van der Waals surface area contributed by atoms with E-state index in [1.165, 1.54) is 24.1 Å². The fourth-order valence-electron chi connectivity index (χ4n) is 2.66. The number of anilines is 1. The molecule has 1 saturated heterocycles. The van der Waals surface area contributed by atoms with Gasteiger partial charge in [0.15, 0.2) is 0 Å². The van der Waals surface area contributed by atoms with Gasteiger partial charge >= 0.3 is 0 Å². The average Bonchev–Trinajstić information content (AvgIpc) is 2.38. The van der Waals surface area contributed by atoms with Crippen molar-refractivity contribution in [2.75, 3.05) is 32.1 Å². The molecule has 0 bridgehead atoms. The fourth-order valence-corrected chi connectivity index (χ4v) is 2.66. The normalized spacial score (nSPS) is 16.9. The van der Waals surface area contributed by atoms with Gasteiger partial charge in [-0.2, -0.15) is 0 Å². The van der Waals surface area contributed by atoms with E-state index in [1.54, 1.807) is 0 Å². The highest BCUT2D eigenvalue weighted by atomic mass is 15.2. The second kappa shape index (κ2) is 5.46. The minimum atomic E-state index is 0.709. The first-order chi connectivity index (χ1) is 8.61. The molecular weight excluding hydrogens is 220 g/mol. The van der Waals surface area contributed by atoms with E-state index in [4.69, 9.17) is 6.42 Å². The van der Waals surface area contributed by atoms with Gasteiger partial charge in [-0.05, 0) is 51.6 Å². The molecule has 1 heterocycles. The lowest BCUT2D eigenvalue weighted by Crippen LogP contribution is -2.42. The van der Waals surface area contributed by atoms with E-state index in [0.29, 0.717) is 6.04 Å². The van der Waals surface area contributed by atoms with E-state index in [1.807, 2.05) is 0 Å². The Morgan fingerprint density at radius 2 is 1.94 bits per heavy atom. The Morgan fingerprint density at radius 1 is 1.28 bits per heavy atom. The van der Waals surface area contributed by atoms with Crippen LogP contribution in [-0.4, -0.2) is 38.1 Å². The molecule has 18 heavy (non-hydrogen) atoms. The highest BCUT2D eigenvalue weighted by Crippen LogP contribution is 2.25. The highest BCUT2D eigenvalue weighted by molar-refractivity contribution is 5.61. The summed E-state index contributed by atoms with van der Waals surface area (Å²) in [6.45, 7) is 4.28. The molecule has 2 rings (SSSR count). The lowest BCUT2D eigenvalue weighted by molar-refractivity contribution is 0.249. The summed E-state index contributed by atoms with van der Waals surface area (Å²) in [7, 11) is 4.33. The maximum atomic E-state index is 5.62. The zero-order valence-corrected chi connectivity index (χ0v) is 11.6. The van der Waals surface area contributed by atoms with Gasteiger partial charge in [0, 0.05) is 24.7 Å². The number of nitrogens with zero attached hydrogens (tertiary/aromatic N) is 2. The lowest BCUT2D eigenvalue weighted by Gasteiger charge is -2.37. The van der Waals surface area contributed by atoms with Crippen LogP contribution >= 0.6 is 0 Å². The van der Waals surface area contributed by atoms with Gasteiger partial charge in [0.05, 0.1) is 5.69 Å². The van der Waals surface area contributed by atoms with Crippen LogP contribution in [0.1, 0.15) is 24.0 Å². The third kappa shape index (κ3) is 2.68. The first kappa shape index (κ1) is 13.0. The van der Waals surface area contributed by atoms with Crippen molar-refractivity contribution in [3.8, 4) is 12.3 Å². The molecule has 0 saturated carbocycles. The van der Waals surface area contributed by atoms with Gasteiger partial charge in [-0.15, -0.1) is 6.42 Å². The molecule has 1 aliphatic rings. The van der Waals surface area contributed by atoms with E-state index in [2.05, 4.69) is 54.9 Å². The van der Waals surface area contributed by atoms with Crippen molar-refractivity contribution in [2.24, 2.45) is 0 Å². The predicted octanol–water partition coefficient (Wildman–Crippen LogP) is 2.51. The molecule has 96 valence electrons. The number of rotatable bonds is 2. The number of aryl methyl sites for hydroxylation is 1. The minimum absolute atomic E-state index is 0.709. The Hall–Kier alpha value is -1.46. The number of hydrogen-bond donors (Lipinski definition) is 0. The van der Waals surface area contributed by atoms with Crippen LogP contribution in [0, 0.1) is 19.3 Å². The average molecular weight is 242 g/mol. The van der Waals surface area contributed by atoms with Crippen LogP contribution in [0.4, 0.5) is 5.69 Å². The summed E-state index contributed by atoms with van der Waals surface area (Å²) in [4.78, 5) is 4.75. The number of benzene rings is 1. The summed E-state index contributed by atoms with van der Waals surface area (Å²) in [5.74, 6) is 2.82. The Labute approximate surface area is 111 Å². The molecule has 0 unspecified atom stereocenters. The first-order valence-electron chi connectivity index (χ1n) is 6.60. The molecule has 0 aliphatic carbocycles. The molecule has 0 N–H and O–H groups in total. The molecular formula is C16H22N2. The SMILES string of the molecule is C#Cc1cc(C)ccc1N1CCC(N(C)C)CC1. The third-order valence-corrected chi connectivity index (χ3v) is 3.84. The van der Waals surface area contributed by atoms with Crippen molar-refractivity contribution in [3.63, 3.8) is 0 Å². The minimum Gasteiger partial charge on any atom is -0.370 e. The third-order valence-electron chi connectivity index (χ3n) is 3.84. The standard InChI is InChI=1S/C16H22N2/c1-5-14-12-13(2)6-7-16(14)18-10-8-15(9-11-18)17(3)4/h1,6-7,12,15H,8-11H2,2-4H3. The van der Waals surface area contributed by atoms with Gasteiger partial charge in [0.25, 0.3) is 0 Å². The molecule has 1 fully saturated rings. The maximum Gasteiger partial charge on any atom is 0.0525 e. The molecule has 1 aromatic carbocycles. The van der Waals surface area contributed by atoms with Crippen LogP contribution in [0.5, 0.6) is 0 Å². The van der Waals surface area contributed by atoms with Crippen molar-refractivity contribution in [2.45, 2.75) is 25.8 Å². The van der Waals surface area contributed by atoms with Gasteiger partial charge in [-0.3, -0.25) is 0 Å². The zero-order chi connectivity index (χ0) is 13.1. The summed E-state index contributed by atoms with van der Waals surface area (Å²) < 4.78 is 0. The quantitative estimate of drug-likeness (QED) is 0.735. The van der Waals surface area contributed by atoms with Crippen LogP contribution in [0.2, 0.25) is 0 Å². The Bertz CT molecular complexity index is 449. The lowest BCUT2D eigenvalue weighted by atomic mass is 10.0. The summed E-state index contributed by atoms with van der Waals surface area (Å²) >= 11 is 0. The maximum absolute atomic E-state index is 5.62. The van der Waals surface area contributed by atoms with Gasteiger partial charge in [0.2, 0.25) is 0 Å². The van der Waals surface area contributed by atoms with Gasteiger partial charge < -0.3 is 9.80 Å². The van der Waals surface area contributed by atoms with Crippen molar-refractivity contribution < 1.29 is 0 Å². The number of hydrogen-bond acceptors (Lipinski definition) is 2. The molecule has 0 atom stereocenters.